The number of rotatable bonds is 4. The second-order valence-corrected chi connectivity index (χ2v) is 5.75. The molecule has 0 spiro atoms. The first-order valence-electron chi connectivity index (χ1n) is 6.19. The molecule has 1 rings (SSSR count). The number of carboxylic acids is 1. The lowest BCUT2D eigenvalue weighted by atomic mass is 9.81. The van der Waals surface area contributed by atoms with Gasteiger partial charge >= 0.3 is 17.3 Å². The van der Waals surface area contributed by atoms with Crippen molar-refractivity contribution >= 4 is 23.0 Å². The molecule has 0 aliphatic rings. The van der Waals surface area contributed by atoms with E-state index in [-0.39, 0.29) is 0 Å². The van der Waals surface area contributed by atoms with E-state index in [1.165, 1.54) is 20.8 Å². The fourth-order valence-corrected chi connectivity index (χ4v) is 2.39. The summed E-state index contributed by atoms with van der Waals surface area (Å²) in [7, 11) is 0. The normalized spacial score (nSPS) is 11.1. The largest absolute Gasteiger partial charge is 0.477 e. The van der Waals surface area contributed by atoms with E-state index in [0.29, 0.717) is 0 Å². The van der Waals surface area contributed by atoms with Crippen molar-refractivity contribution in [3.05, 3.63) is 47.0 Å². The van der Waals surface area contributed by atoms with Gasteiger partial charge < -0.3 is 5.11 Å². The highest BCUT2D eigenvalue weighted by atomic mass is 16.6. The second kappa shape index (κ2) is 5.59. The zero-order chi connectivity index (χ0) is 18.3. The van der Waals surface area contributed by atoms with Gasteiger partial charge in [0.25, 0.3) is 5.69 Å². The first-order valence-corrected chi connectivity index (χ1v) is 6.19. The van der Waals surface area contributed by atoms with Crippen LogP contribution >= 0.6 is 0 Å². The monoisotopic (exact) mass is 327 g/mol. The van der Waals surface area contributed by atoms with Gasteiger partial charge in [0.1, 0.15) is 11.1 Å². The molecular weight excluding hydrogens is 314 g/mol. The van der Waals surface area contributed by atoms with Crippen LogP contribution in [0, 0.1) is 37.3 Å². The van der Waals surface area contributed by atoms with Crippen LogP contribution < -0.4 is 0 Å². The summed E-state index contributed by atoms with van der Waals surface area (Å²) >= 11 is 0. The Morgan fingerprint density at radius 3 is 1.57 bits per heavy atom. The Bertz CT molecular complexity index is 748. The number of nitrogens with zero attached hydrogens (tertiary/aromatic N) is 3. The van der Waals surface area contributed by atoms with E-state index in [2.05, 4.69) is 0 Å². The molecule has 23 heavy (non-hydrogen) atoms. The molecule has 0 aliphatic carbocycles. The molecule has 11 heteroatoms. The predicted molar refractivity (Wildman–Crippen MR) is 76.8 cm³/mol. The van der Waals surface area contributed by atoms with Crippen molar-refractivity contribution in [2.75, 3.05) is 0 Å². The van der Waals surface area contributed by atoms with Gasteiger partial charge in [-0.2, -0.15) is 0 Å². The molecule has 0 heterocycles. The molecule has 0 saturated heterocycles. The van der Waals surface area contributed by atoms with Crippen molar-refractivity contribution < 1.29 is 24.7 Å². The maximum absolute atomic E-state index is 11.4. The second-order valence-electron chi connectivity index (χ2n) is 5.75. The molecule has 0 amide bonds. The molecule has 1 aromatic carbocycles. The molecule has 0 bridgehead atoms. The highest BCUT2D eigenvalue weighted by Crippen LogP contribution is 2.47. The molecule has 11 nitrogen and oxygen atoms in total. The van der Waals surface area contributed by atoms with Crippen molar-refractivity contribution in [3.63, 3.8) is 0 Å². The lowest BCUT2D eigenvalue weighted by Gasteiger charge is -2.20. The summed E-state index contributed by atoms with van der Waals surface area (Å²) < 4.78 is 0. The minimum Gasteiger partial charge on any atom is -0.477 e. The Hall–Kier alpha value is -3.11. The number of aromatic carboxylic acids is 1. The molecule has 0 saturated carbocycles. The van der Waals surface area contributed by atoms with E-state index in [9.17, 15) is 40.2 Å². The molecule has 0 atom stereocenters. The number of nitro benzene ring substituents is 3. The van der Waals surface area contributed by atoms with Crippen molar-refractivity contribution in [3.8, 4) is 0 Å². The molecule has 0 aliphatic heterocycles. The number of hydrogen-bond donors (Lipinski definition) is 1. The summed E-state index contributed by atoms with van der Waals surface area (Å²) in [5.41, 5.74) is -6.44. The Morgan fingerprint density at radius 1 is 0.913 bits per heavy atom. The maximum atomic E-state index is 11.4. The topological polar surface area (TPSA) is 167 Å². The van der Waals surface area contributed by atoms with Gasteiger partial charge in [-0.15, -0.1) is 0 Å². The van der Waals surface area contributed by atoms with Gasteiger partial charge in [-0.25, -0.2) is 4.79 Å². The van der Waals surface area contributed by atoms with Crippen molar-refractivity contribution in [2.45, 2.75) is 33.1 Å². The van der Waals surface area contributed by atoms with Crippen LogP contribution in [0.1, 0.15) is 42.3 Å². The van der Waals surface area contributed by atoms with Gasteiger partial charge in [0.05, 0.1) is 14.8 Å². The third-order valence-electron chi connectivity index (χ3n) is 3.17. The molecule has 1 aromatic rings. The van der Waals surface area contributed by atoms with Gasteiger partial charge in [0, 0.05) is 5.41 Å². The van der Waals surface area contributed by atoms with E-state index in [4.69, 9.17) is 0 Å². The van der Waals surface area contributed by atoms with Crippen LogP contribution in [0.4, 0.5) is 17.1 Å². The number of carbonyl (C=O) groups is 1. The summed E-state index contributed by atoms with van der Waals surface area (Å²) in [6, 6.07) is 0. The van der Waals surface area contributed by atoms with E-state index in [1.54, 1.807) is 0 Å². The number of carboxylic acid groups (broad SMARTS) is 1. The first-order chi connectivity index (χ1) is 10.3. The summed E-state index contributed by atoms with van der Waals surface area (Å²) in [6.07, 6.45) is 0. The average molecular weight is 327 g/mol. The van der Waals surface area contributed by atoms with E-state index in [1.807, 2.05) is 0 Å². The summed E-state index contributed by atoms with van der Waals surface area (Å²) in [6.45, 7) is 5.25. The minimum atomic E-state index is -1.90. The SMILES string of the molecule is Cc1c([N+](=O)[O-])c(C(=O)O)c([N+](=O)[O-])c(C(C)(C)C)c1[N+](=O)[O-]. The quantitative estimate of drug-likeness (QED) is 0.650. The number of benzene rings is 1. The Balaban J connectivity index is 4.36. The van der Waals surface area contributed by atoms with Gasteiger partial charge in [-0.05, 0) is 6.92 Å². The molecule has 0 radical (unpaired) electrons. The Kier molecular flexibility index (Phi) is 4.36. The molecule has 1 N–H and O–H groups in total. The Morgan fingerprint density at radius 2 is 1.30 bits per heavy atom. The minimum absolute atomic E-state index is 0.465. The number of nitro groups is 3. The first kappa shape index (κ1) is 17.9. The van der Waals surface area contributed by atoms with Gasteiger partial charge in [-0.1, -0.05) is 20.8 Å². The summed E-state index contributed by atoms with van der Waals surface area (Å²) in [5, 5.41) is 43.0. The molecular formula is C12H13N3O8. The highest BCUT2D eigenvalue weighted by Gasteiger charge is 2.46. The van der Waals surface area contributed by atoms with Crippen LogP contribution in [0.5, 0.6) is 0 Å². The summed E-state index contributed by atoms with van der Waals surface area (Å²) in [4.78, 5) is 42.0. The fourth-order valence-electron chi connectivity index (χ4n) is 2.39. The van der Waals surface area contributed by atoms with Crippen LogP contribution in [0.25, 0.3) is 0 Å². The highest BCUT2D eigenvalue weighted by molar-refractivity contribution is 6.00. The molecule has 0 unspecified atom stereocenters. The van der Waals surface area contributed by atoms with Crippen LogP contribution in [0.3, 0.4) is 0 Å². The lowest BCUT2D eigenvalue weighted by molar-refractivity contribution is -0.405. The predicted octanol–water partition coefficient (Wildman–Crippen LogP) is 2.72. The standard InChI is InChI=1S/C12H13N3O8/c1-5-8(13(18)19)6(11(16)17)10(15(22)23)7(12(2,3)4)9(5)14(20)21/h1-4H3,(H,16,17). The van der Waals surface area contributed by atoms with Gasteiger partial charge in [-0.3, -0.25) is 30.3 Å². The van der Waals surface area contributed by atoms with E-state index >= 15 is 0 Å². The Labute approximate surface area is 129 Å². The van der Waals surface area contributed by atoms with Crippen molar-refractivity contribution in [1.29, 1.82) is 0 Å². The van der Waals surface area contributed by atoms with Crippen LogP contribution in [-0.2, 0) is 5.41 Å². The molecule has 124 valence electrons. The number of hydrogen-bond acceptors (Lipinski definition) is 7. The van der Waals surface area contributed by atoms with E-state index < -0.39 is 59.9 Å². The van der Waals surface area contributed by atoms with Gasteiger partial charge in [0.2, 0.25) is 5.56 Å². The van der Waals surface area contributed by atoms with E-state index in [0.717, 1.165) is 6.92 Å². The maximum Gasteiger partial charge on any atom is 0.349 e. The summed E-state index contributed by atoms with van der Waals surface area (Å²) in [5.74, 6) is -1.90. The van der Waals surface area contributed by atoms with Crippen LogP contribution in [-0.4, -0.2) is 25.8 Å². The van der Waals surface area contributed by atoms with Crippen molar-refractivity contribution in [2.24, 2.45) is 0 Å². The molecule has 0 aromatic heterocycles. The zero-order valence-corrected chi connectivity index (χ0v) is 12.6. The van der Waals surface area contributed by atoms with Crippen LogP contribution in [0.2, 0.25) is 0 Å². The third kappa shape index (κ3) is 2.93. The van der Waals surface area contributed by atoms with Gasteiger partial charge in [0.15, 0.2) is 0 Å². The third-order valence-corrected chi connectivity index (χ3v) is 3.17. The molecule has 0 fully saturated rings. The lowest BCUT2D eigenvalue weighted by Crippen LogP contribution is -2.21. The zero-order valence-electron chi connectivity index (χ0n) is 12.6. The fraction of sp³-hybridized carbons (Fsp3) is 0.417. The average Bonchev–Trinajstić information content (AvgIpc) is 2.34. The van der Waals surface area contributed by atoms with Crippen LogP contribution in [0.15, 0.2) is 0 Å². The smallest absolute Gasteiger partial charge is 0.349 e. The van der Waals surface area contributed by atoms with Crippen molar-refractivity contribution in [1.82, 2.24) is 0 Å².